The summed E-state index contributed by atoms with van der Waals surface area (Å²) in [4.78, 5) is 17.8. The first-order valence-electron chi connectivity index (χ1n) is 7.22. The Labute approximate surface area is 125 Å². The highest BCUT2D eigenvalue weighted by atomic mass is 16.4. The Bertz CT molecular complexity index is 496. The minimum absolute atomic E-state index is 0.237. The molecule has 6 heteroatoms. The number of nitrogen functional groups attached to an aromatic ring is 1. The maximum atomic E-state index is 10.9. The second kappa shape index (κ2) is 6.78. The van der Waals surface area contributed by atoms with Crippen molar-refractivity contribution >= 4 is 17.3 Å². The summed E-state index contributed by atoms with van der Waals surface area (Å²) in [5.74, 6) is -0.943. The van der Waals surface area contributed by atoms with Crippen LogP contribution in [0.15, 0.2) is 18.2 Å². The lowest BCUT2D eigenvalue weighted by Gasteiger charge is -2.37. The number of anilines is 2. The molecule has 3 N–H and O–H groups in total. The van der Waals surface area contributed by atoms with Crippen molar-refractivity contribution in [2.24, 2.45) is 0 Å². The van der Waals surface area contributed by atoms with Crippen LogP contribution in [0.5, 0.6) is 0 Å². The van der Waals surface area contributed by atoms with Gasteiger partial charge in [-0.25, -0.2) is 4.79 Å². The summed E-state index contributed by atoms with van der Waals surface area (Å²) in [6.45, 7) is 6.00. The van der Waals surface area contributed by atoms with Gasteiger partial charge in [-0.15, -0.1) is 0 Å². The zero-order chi connectivity index (χ0) is 15.4. The standard InChI is InChI=1S/C15H24N4O2/c1-17(2)5-6-18-7-9-19(10-8-18)14-4-3-12(15(20)21)11-13(14)16/h3-4,11H,5-10,16H2,1-2H3,(H,20,21). The van der Waals surface area contributed by atoms with Crippen LogP contribution >= 0.6 is 0 Å². The molecule has 1 aromatic rings. The van der Waals surface area contributed by atoms with Crippen LogP contribution in [-0.4, -0.2) is 74.2 Å². The van der Waals surface area contributed by atoms with Gasteiger partial charge >= 0.3 is 5.97 Å². The van der Waals surface area contributed by atoms with E-state index in [-0.39, 0.29) is 5.56 Å². The molecule has 1 aliphatic rings. The fourth-order valence-electron chi connectivity index (χ4n) is 2.53. The third-order valence-corrected chi connectivity index (χ3v) is 3.85. The number of likely N-dealkylation sites (N-methyl/N-ethyl adjacent to an activating group) is 1. The maximum Gasteiger partial charge on any atom is 0.335 e. The molecule has 0 spiro atoms. The zero-order valence-corrected chi connectivity index (χ0v) is 12.7. The van der Waals surface area contributed by atoms with Crippen LogP contribution in [0.4, 0.5) is 11.4 Å². The summed E-state index contributed by atoms with van der Waals surface area (Å²) in [6.07, 6.45) is 0. The third-order valence-electron chi connectivity index (χ3n) is 3.85. The fraction of sp³-hybridized carbons (Fsp3) is 0.533. The molecule has 1 saturated heterocycles. The summed E-state index contributed by atoms with van der Waals surface area (Å²) < 4.78 is 0. The lowest BCUT2D eigenvalue weighted by atomic mass is 10.1. The predicted molar refractivity (Wildman–Crippen MR) is 85.0 cm³/mol. The van der Waals surface area contributed by atoms with Crippen LogP contribution in [0.2, 0.25) is 0 Å². The molecule has 1 aliphatic heterocycles. The molecule has 0 amide bonds. The fourth-order valence-corrected chi connectivity index (χ4v) is 2.53. The molecule has 0 unspecified atom stereocenters. The van der Waals surface area contributed by atoms with Crippen molar-refractivity contribution in [1.29, 1.82) is 0 Å². The van der Waals surface area contributed by atoms with Gasteiger partial charge in [0.2, 0.25) is 0 Å². The van der Waals surface area contributed by atoms with Gasteiger partial charge in [0, 0.05) is 39.3 Å². The van der Waals surface area contributed by atoms with Crippen molar-refractivity contribution in [3.8, 4) is 0 Å². The van der Waals surface area contributed by atoms with Crippen molar-refractivity contribution in [1.82, 2.24) is 9.80 Å². The number of nitrogens with zero attached hydrogens (tertiary/aromatic N) is 3. The molecule has 0 radical (unpaired) electrons. The summed E-state index contributed by atoms with van der Waals surface area (Å²) in [7, 11) is 4.17. The highest BCUT2D eigenvalue weighted by molar-refractivity contribution is 5.90. The second-order valence-electron chi connectivity index (χ2n) is 5.71. The average molecular weight is 292 g/mol. The molecule has 0 aliphatic carbocycles. The number of rotatable bonds is 5. The number of aromatic carboxylic acids is 1. The van der Waals surface area contributed by atoms with Crippen molar-refractivity contribution in [2.75, 3.05) is 64.0 Å². The average Bonchev–Trinajstić information content (AvgIpc) is 2.45. The minimum atomic E-state index is -0.943. The molecular weight excluding hydrogens is 268 g/mol. The van der Waals surface area contributed by atoms with Crippen LogP contribution in [0.25, 0.3) is 0 Å². The first kappa shape index (κ1) is 15.6. The van der Waals surface area contributed by atoms with Crippen LogP contribution < -0.4 is 10.6 Å². The van der Waals surface area contributed by atoms with E-state index in [1.807, 2.05) is 6.07 Å². The van der Waals surface area contributed by atoms with Gasteiger partial charge in [0.25, 0.3) is 0 Å². The lowest BCUT2D eigenvalue weighted by molar-refractivity contribution is 0.0697. The van der Waals surface area contributed by atoms with E-state index in [2.05, 4.69) is 28.8 Å². The highest BCUT2D eigenvalue weighted by Gasteiger charge is 2.19. The van der Waals surface area contributed by atoms with E-state index < -0.39 is 5.97 Å². The van der Waals surface area contributed by atoms with Crippen molar-refractivity contribution in [3.63, 3.8) is 0 Å². The number of hydrogen-bond acceptors (Lipinski definition) is 5. The number of carbonyl (C=O) groups is 1. The number of nitrogens with two attached hydrogens (primary N) is 1. The quantitative estimate of drug-likeness (QED) is 0.776. The summed E-state index contributed by atoms with van der Waals surface area (Å²) in [6, 6.07) is 4.97. The summed E-state index contributed by atoms with van der Waals surface area (Å²) >= 11 is 0. The molecule has 1 fully saturated rings. The Morgan fingerprint density at radius 2 is 1.95 bits per heavy atom. The first-order chi connectivity index (χ1) is 9.97. The monoisotopic (exact) mass is 292 g/mol. The number of hydrogen-bond donors (Lipinski definition) is 2. The topological polar surface area (TPSA) is 73.0 Å². The van der Waals surface area contributed by atoms with Crippen LogP contribution in [0.1, 0.15) is 10.4 Å². The van der Waals surface area contributed by atoms with E-state index in [1.165, 1.54) is 6.07 Å². The molecule has 0 saturated carbocycles. The Morgan fingerprint density at radius 1 is 1.29 bits per heavy atom. The van der Waals surface area contributed by atoms with E-state index in [1.54, 1.807) is 6.07 Å². The second-order valence-corrected chi connectivity index (χ2v) is 5.71. The largest absolute Gasteiger partial charge is 0.478 e. The molecule has 1 heterocycles. The summed E-state index contributed by atoms with van der Waals surface area (Å²) in [5, 5.41) is 8.97. The molecule has 6 nitrogen and oxygen atoms in total. The SMILES string of the molecule is CN(C)CCN1CCN(c2ccc(C(=O)O)cc2N)CC1. The van der Waals surface area contributed by atoms with Crippen LogP contribution in [0.3, 0.4) is 0 Å². The van der Waals surface area contributed by atoms with Gasteiger partial charge in [0.05, 0.1) is 16.9 Å². The van der Waals surface area contributed by atoms with Gasteiger partial charge in [0.1, 0.15) is 0 Å². The summed E-state index contributed by atoms with van der Waals surface area (Å²) in [5.41, 5.74) is 7.71. The molecule has 116 valence electrons. The number of carboxylic acids is 1. The zero-order valence-electron chi connectivity index (χ0n) is 12.7. The van der Waals surface area contributed by atoms with E-state index in [0.29, 0.717) is 5.69 Å². The van der Waals surface area contributed by atoms with E-state index in [0.717, 1.165) is 45.0 Å². The first-order valence-corrected chi connectivity index (χ1v) is 7.22. The Balaban J connectivity index is 1.94. The molecule has 2 rings (SSSR count). The molecule has 21 heavy (non-hydrogen) atoms. The Kier molecular flexibility index (Phi) is 5.03. The van der Waals surface area contributed by atoms with Crippen molar-refractivity contribution in [3.05, 3.63) is 23.8 Å². The number of benzene rings is 1. The van der Waals surface area contributed by atoms with Crippen LogP contribution in [-0.2, 0) is 0 Å². The van der Waals surface area contributed by atoms with Gasteiger partial charge in [0.15, 0.2) is 0 Å². The molecule has 0 bridgehead atoms. The maximum absolute atomic E-state index is 10.9. The number of piperazine rings is 1. The molecule has 0 atom stereocenters. The van der Waals surface area contributed by atoms with Crippen molar-refractivity contribution in [2.45, 2.75) is 0 Å². The van der Waals surface area contributed by atoms with E-state index >= 15 is 0 Å². The third kappa shape index (κ3) is 4.09. The predicted octanol–water partition coefficient (Wildman–Crippen LogP) is 0.651. The smallest absolute Gasteiger partial charge is 0.335 e. The van der Waals surface area contributed by atoms with Gasteiger partial charge in [-0.3, -0.25) is 4.90 Å². The van der Waals surface area contributed by atoms with Gasteiger partial charge in [-0.05, 0) is 32.3 Å². The van der Waals surface area contributed by atoms with E-state index in [9.17, 15) is 4.79 Å². The molecular formula is C15H24N4O2. The van der Waals surface area contributed by atoms with Crippen LogP contribution in [0, 0.1) is 0 Å². The molecule has 1 aromatic carbocycles. The highest BCUT2D eigenvalue weighted by Crippen LogP contribution is 2.25. The van der Waals surface area contributed by atoms with Gasteiger partial charge in [-0.2, -0.15) is 0 Å². The van der Waals surface area contributed by atoms with Gasteiger partial charge < -0.3 is 20.6 Å². The van der Waals surface area contributed by atoms with E-state index in [4.69, 9.17) is 10.8 Å². The Hall–Kier alpha value is -1.79. The molecule has 0 aromatic heterocycles. The Morgan fingerprint density at radius 3 is 2.48 bits per heavy atom. The number of carboxylic acid groups (broad SMARTS) is 1. The lowest BCUT2D eigenvalue weighted by Crippen LogP contribution is -2.48. The van der Waals surface area contributed by atoms with Crippen molar-refractivity contribution < 1.29 is 9.90 Å². The van der Waals surface area contributed by atoms with Gasteiger partial charge in [-0.1, -0.05) is 0 Å². The normalized spacial score (nSPS) is 16.4. The minimum Gasteiger partial charge on any atom is -0.478 e.